The standard InChI is InChI=1S/C12H27Si.K/c1-4-7-10-13(11-8-5-2)12-9-6-3;/h4-12H2,1-3H3;. The summed E-state index contributed by atoms with van der Waals surface area (Å²) in [4.78, 5) is 0. The zero-order chi connectivity index (χ0) is 10.9. The molecule has 0 radical (unpaired) electrons. The third-order valence-electron chi connectivity index (χ3n) is 3.40. The maximum atomic E-state index is 2.35. The van der Waals surface area contributed by atoms with Gasteiger partial charge in [0.25, 0.3) is 0 Å². The van der Waals surface area contributed by atoms with E-state index in [9.17, 15) is 0 Å². The first-order valence-corrected chi connectivity index (χ1v) is 14.5. The number of unbranched alkanes of at least 4 members (excludes halogenated alkanes) is 3. The van der Waals surface area contributed by atoms with E-state index in [1.807, 2.05) is 0 Å². The third kappa shape index (κ3) is 8.06. The molecule has 0 rings (SSSR count). The second kappa shape index (κ2) is 10.0. The normalized spacial score (nSPS) is 12.1. The molecule has 0 aliphatic rings. The molecule has 0 saturated carbocycles. The maximum absolute atomic E-state index is 2.35. The van der Waals surface area contributed by atoms with Crippen molar-refractivity contribution in [2.24, 2.45) is 0 Å². The van der Waals surface area contributed by atoms with Crippen LogP contribution in [0.4, 0.5) is 0 Å². The van der Waals surface area contributed by atoms with Crippen molar-refractivity contribution >= 4 is 48.4 Å². The van der Waals surface area contributed by atoms with Crippen LogP contribution in [0.1, 0.15) is 59.3 Å². The molecular weight excluding hydrogens is 211 g/mol. The predicted molar refractivity (Wildman–Crippen MR) is 70.7 cm³/mol. The summed E-state index contributed by atoms with van der Waals surface area (Å²) in [5.74, 6) is 0. The summed E-state index contributed by atoms with van der Waals surface area (Å²) in [6.45, 7) is 7.05. The summed E-state index contributed by atoms with van der Waals surface area (Å²) in [5.41, 5.74) is 0. The van der Waals surface area contributed by atoms with Gasteiger partial charge in [-0.05, 0) is 0 Å². The van der Waals surface area contributed by atoms with E-state index in [0.29, 0.717) is 0 Å². The molecule has 0 aliphatic carbocycles. The second-order valence-corrected chi connectivity index (χ2v) is 20.2. The molecular formula is C12H27KSi. The minimum atomic E-state index is -0.625. The van der Waals surface area contributed by atoms with Crippen LogP contribution in [0.15, 0.2) is 0 Å². The van der Waals surface area contributed by atoms with E-state index in [2.05, 4.69) is 20.8 Å². The van der Waals surface area contributed by atoms with Gasteiger partial charge < -0.3 is 0 Å². The van der Waals surface area contributed by atoms with Gasteiger partial charge in [-0.3, -0.25) is 0 Å². The van der Waals surface area contributed by atoms with Crippen molar-refractivity contribution in [2.45, 2.75) is 77.4 Å². The van der Waals surface area contributed by atoms with Crippen molar-refractivity contribution < 1.29 is 0 Å². The Morgan fingerprint density at radius 2 is 1.00 bits per heavy atom. The molecule has 0 saturated heterocycles. The summed E-state index contributed by atoms with van der Waals surface area (Å²) in [7, 11) is 0. The third-order valence-corrected chi connectivity index (χ3v) is 15.1. The van der Waals surface area contributed by atoms with Gasteiger partial charge in [0.2, 0.25) is 0 Å². The van der Waals surface area contributed by atoms with Gasteiger partial charge >= 0.3 is 126 Å². The molecule has 0 aliphatic heterocycles. The van der Waals surface area contributed by atoms with E-state index in [4.69, 9.17) is 0 Å². The fourth-order valence-corrected chi connectivity index (χ4v) is 11.5. The summed E-state index contributed by atoms with van der Waals surface area (Å²) >= 11 is 1.17. The van der Waals surface area contributed by atoms with Gasteiger partial charge in [-0.2, -0.15) is 0 Å². The molecule has 0 aromatic rings. The quantitative estimate of drug-likeness (QED) is 0.519. The van der Waals surface area contributed by atoms with Crippen LogP contribution in [-0.4, -0.2) is 48.4 Å². The first-order chi connectivity index (χ1) is 6.68. The zero-order valence-electron chi connectivity index (χ0n) is 10.9. The Bertz CT molecular complexity index is 104. The van der Waals surface area contributed by atoms with Crippen molar-refractivity contribution in [3.63, 3.8) is 0 Å². The fourth-order valence-electron chi connectivity index (χ4n) is 2.19. The van der Waals surface area contributed by atoms with Gasteiger partial charge in [0.1, 0.15) is 0 Å². The Hall–Kier alpha value is 1.85. The molecule has 0 aromatic carbocycles. The van der Waals surface area contributed by atoms with Gasteiger partial charge in [-0.15, -0.1) is 0 Å². The molecule has 14 heavy (non-hydrogen) atoms. The fraction of sp³-hybridized carbons (Fsp3) is 1.00. The van der Waals surface area contributed by atoms with E-state index in [1.54, 1.807) is 18.1 Å². The first kappa shape index (κ1) is 15.9. The van der Waals surface area contributed by atoms with Crippen LogP contribution in [0.2, 0.25) is 18.1 Å². The molecule has 0 fully saturated rings. The number of hydrogen-bond acceptors (Lipinski definition) is 0. The van der Waals surface area contributed by atoms with E-state index in [1.165, 1.54) is 86.2 Å². The molecule has 0 bridgehead atoms. The molecule has 0 nitrogen and oxygen atoms in total. The van der Waals surface area contributed by atoms with Crippen molar-refractivity contribution in [3.8, 4) is 0 Å². The summed E-state index contributed by atoms with van der Waals surface area (Å²) in [6.07, 6.45) is 8.85. The minimum absolute atomic E-state index is 0.625. The van der Waals surface area contributed by atoms with Gasteiger partial charge in [0.05, 0.1) is 0 Å². The average molecular weight is 239 g/mol. The van der Waals surface area contributed by atoms with Crippen molar-refractivity contribution in [1.82, 2.24) is 0 Å². The molecule has 0 aromatic heterocycles. The molecule has 0 amide bonds. The SMILES string of the molecule is CCCC[Si]([K])(CCCC)CCCC. The van der Waals surface area contributed by atoms with Crippen LogP contribution in [0.5, 0.6) is 0 Å². The Morgan fingerprint density at radius 3 is 1.21 bits per heavy atom. The van der Waals surface area contributed by atoms with Crippen LogP contribution >= 0.6 is 0 Å². The molecule has 0 N–H and O–H groups in total. The Balaban J connectivity index is 3.89. The second-order valence-electron chi connectivity index (χ2n) is 5.12. The molecule has 0 spiro atoms. The van der Waals surface area contributed by atoms with Gasteiger partial charge in [0, 0.05) is 0 Å². The summed E-state index contributed by atoms with van der Waals surface area (Å²) < 4.78 is -0.625. The van der Waals surface area contributed by atoms with Gasteiger partial charge in [-0.25, -0.2) is 0 Å². The zero-order valence-corrected chi connectivity index (χ0v) is 15.0. The molecule has 2 heteroatoms. The topological polar surface area (TPSA) is 0 Å². The van der Waals surface area contributed by atoms with Crippen LogP contribution in [0.25, 0.3) is 0 Å². The Kier molecular flexibility index (Phi) is 11.4. The molecule has 0 heterocycles. The van der Waals surface area contributed by atoms with Gasteiger partial charge in [-0.1, -0.05) is 0 Å². The van der Waals surface area contributed by atoms with E-state index in [-0.39, 0.29) is 0 Å². The van der Waals surface area contributed by atoms with Crippen molar-refractivity contribution in [1.29, 1.82) is 0 Å². The van der Waals surface area contributed by atoms with Crippen molar-refractivity contribution in [2.75, 3.05) is 0 Å². The van der Waals surface area contributed by atoms with E-state index in [0.717, 1.165) is 0 Å². The summed E-state index contributed by atoms with van der Waals surface area (Å²) in [6, 6.07) is 5.01. The predicted octanol–water partition coefficient (Wildman–Crippen LogP) is 4.50. The van der Waals surface area contributed by atoms with Crippen molar-refractivity contribution in [3.05, 3.63) is 0 Å². The van der Waals surface area contributed by atoms with Crippen LogP contribution in [-0.2, 0) is 0 Å². The number of hydrogen-bond donors (Lipinski definition) is 0. The van der Waals surface area contributed by atoms with Crippen LogP contribution in [0, 0.1) is 0 Å². The Labute approximate surface area is 124 Å². The summed E-state index contributed by atoms with van der Waals surface area (Å²) in [5, 5.41) is 0. The molecule has 80 valence electrons. The molecule has 0 atom stereocenters. The Morgan fingerprint density at radius 1 is 0.714 bits per heavy atom. The van der Waals surface area contributed by atoms with Gasteiger partial charge in [0.15, 0.2) is 0 Å². The van der Waals surface area contributed by atoms with E-state index >= 15 is 0 Å². The first-order valence-electron chi connectivity index (χ1n) is 6.68. The van der Waals surface area contributed by atoms with Crippen LogP contribution in [0.3, 0.4) is 0 Å². The van der Waals surface area contributed by atoms with E-state index < -0.39 is 0.755 Å². The van der Waals surface area contributed by atoms with Crippen LogP contribution < -0.4 is 0 Å². The molecule has 0 unspecified atom stereocenters. The number of rotatable bonds is 9. The monoisotopic (exact) mass is 238 g/mol. The average Bonchev–Trinajstić information content (AvgIpc) is 2.21.